The number of carbonyl (C=O) groups is 1. The van der Waals surface area contributed by atoms with Crippen LogP contribution in [0.4, 0.5) is 0 Å². The summed E-state index contributed by atoms with van der Waals surface area (Å²) < 4.78 is 27.5. The molecule has 0 unspecified atom stereocenters. The zero-order valence-electron chi connectivity index (χ0n) is 16.9. The summed E-state index contributed by atoms with van der Waals surface area (Å²) >= 11 is 1.01. The molecular formula is C24H23NO4S2. The lowest BCUT2D eigenvalue weighted by Crippen LogP contribution is -2.35. The van der Waals surface area contributed by atoms with E-state index >= 15 is 0 Å². The fraction of sp³-hybridized carbons (Fsp3) is 0.208. The number of hydrogen-bond acceptors (Lipinski definition) is 4. The summed E-state index contributed by atoms with van der Waals surface area (Å²) in [6, 6.07) is 20.7. The summed E-state index contributed by atoms with van der Waals surface area (Å²) in [5.74, 6) is -1.09. The molecule has 4 rings (SSSR count). The molecule has 5 nitrogen and oxygen atoms in total. The summed E-state index contributed by atoms with van der Waals surface area (Å²) in [7, 11) is -3.58. The molecule has 1 N–H and O–H groups in total. The molecule has 160 valence electrons. The Kier molecular flexibility index (Phi) is 6.36. The molecule has 1 aliphatic rings. The van der Waals surface area contributed by atoms with Gasteiger partial charge in [0.25, 0.3) is 10.0 Å². The monoisotopic (exact) mass is 453 g/mol. The van der Waals surface area contributed by atoms with E-state index in [1.165, 1.54) is 10.4 Å². The molecule has 0 aliphatic carbocycles. The first-order valence-electron chi connectivity index (χ1n) is 10.2. The highest BCUT2D eigenvalue weighted by atomic mass is 32.2. The van der Waals surface area contributed by atoms with Crippen LogP contribution in [0.2, 0.25) is 0 Å². The van der Waals surface area contributed by atoms with Crippen LogP contribution >= 0.6 is 11.3 Å². The molecule has 1 aromatic heterocycles. The van der Waals surface area contributed by atoms with Crippen molar-refractivity contribution >= 4 is 39.0 Å². The molecule has 0 bridgehead atoms. The summed E-state index contributed by atoms with van der Waals surface area (Å²) in [4.78, 5) is 12.4. The third-order valence-electron chi connectivity index (χ3n) is 5.32. The number of aliphatic carboxylic acids is 1. The Morgan fingerprint density at radius 1 is 0.871 bits per heavy atom. The van der Waals surface area contributed by atoms with E-state index in [0.717, 1.165) is 47.3 Å². The molecule has 1 aliphatic heterocycles. The van der Waals surface area contributed by atoms with Crippen LogP contribution in [-0.4, -0.2) is 36.9 Å². The molecule has 0 saturated carbocycles. The van der Waals surface area contributed by atoms with Gasteiger partial charge in [-0.2, -0.15) is 4.31 Å². The van der Waals surface area contributed by atoms with Crippen molar-refractivity contribution in [3.8, 4) is 11.1 Å². The topological polar surface area (TPSA) is 74.7 Å². The fourth-order valence-electron chi connectivity index (χ4n) is 3.64. The second-order valence-electron chi connectivity index (χ2n) is 7.43. The number of rotatable bonds is 6. The lowest BCUT2D eigenvalue weighted by atomic mass is 10.0. The maximum Gasteiger partial charge on any atom is 0.337 e. The predicted molar refractivity (Wildman–Crippen MR) is 124 cm³/mol. The molecular weight excluding hydrogens is 430 g/mol. The zero-order chi connectivity index (χ0) is 21.8. The molecule has 0 atom stereocenters. The van der Waals surface area contributed by atoms with Gasteiger partial charge < -0.3 is 5.11 Å². The summed E-state index contributed by atoms with van der Waals surface area (Å²) in [6.45, 7) is 1.04. The average molecular weight is 454 g/mol. The van der Waals surface area contributed by atoms with Crippen molar-refractivity contribution in [1.29, 1.82) is 0 Å². The minimum absolute atomic E-state index is 0.0811. The van der Waals surface area contributed by atoms with Crippen molar-refractivity contribution in [3.05, 3.63) is 77.2 Å². The number of benzene rings is 2. The Morgan fingerprint density at radius 3 is 2.16 bits per heavy atom. The van der Waals surface area contributed by atoms with Gasteiger partial charge in [0, 0.05) is 18.0 Å². The van der Waals surface area contributed by atoms with E-state index < -0.39 is 16.0 Å². The molecule has 0 spiro atoms. The molecule has 0 radical (unpaired) electrons. The Hall–Kier alpha value is -2.74. The highest BCUT2D eigenvalue weighted by Crippen LogP contribution is 2.32. The van der Waals surface area contributed by atoms with E-state index in [1.807, 2.05) is 54.6 Å². The largest absolute Gasteiger partial charge is 0.478 e. The quantitative estimate of drug-likeness (QED) is 0.520. The Balaban J connectivity index is 1.61. The van der Waals surface area contributed by atoms with Gasteiger partial charge >= 0.3 is 5.97 Å². The summed E-state index contributed by atoms with van der Waals surface area (Å²) in [6.07, 6.45) is 4.34. The summed E-state index contributed by atoms with van der Waals surface area (Å²) in [5.41, 5.74) is 2.95. The number of hydrogen-bond donors (Lipinski definition) is 1. The minimum atomic E-state index is -3.58. The fourth-order valence-corrected chi connectivity index (χ4v) is 6.63. The van der Waals surface area contributed by atoms with Gasteiger partial charge in [-0.3, -0.25) is 0 Å². The second-order valence-corrected chi connectivity index (χ2v) is 10.7. The average Bonchev–Trinajstić information content (AvgIpc) is 3.30. The van der Waals surface area contributed by atoms with Crippen LogP contribution in [-0.2, 0) is 14.8 Å². The molecule has 7 heteroatoms. The minimum Gasteiger partial charge on any atom is -0.478 e. The molecule has 2 aromatic carbocycles. The molecule has 0 amide bonds. The van der Waals surface area contributed by atoms with Crippen molar-refractivity contribution in [1.82, 2.24) is 4.31 Å². The molecule has 3 aromatic rings. The zero-order valence-corrected chi connectivity index (χ0v) is 18.5. The first-order valence-corrected chi connectivity index (χ1v) is 12.4. The molecule has 2 heterocycles. The third kappa shape index (κ3) is 4.79. The van der Waals surface area contributed by atoms with Crippen molar-refractivity contribution < 1.29 is 18.3 Å². The van der Waals surface area contributed by atoms with E-state index in [0.29, 0.717) is 18.0 Å². The van der Waals surface area contributed by atoms with Crippen LogP contribution in [0.15, 0.2) is 70.9 Å². The number of carboxylic acid groups (broad SMARTS) is 1. The number of thiophene rings is 1. The lowest BCUT2D eigenvalue weighted by Gasteiger charge is -2.25. The van der Waals surface area contributed by atoms with Gasteiger partial charge in [0.05, 0.1) is 5.57 Å². The molecule has 1 saturated heterocycles. The van der Waals surface area contributed by atoms with Crippen LogP contribution < -0.4 is 0 Å². The Bertz CT molecular complexity index is 1190. The van der Waals surface area contributed by atoms with Crippen LogP contribution in [0.3, 0.4) is 0 Å². The van der Waals surface area contributed by atoms with Crippen molar-refractivity contribution in [3.63, 3.8) is 0 Å². The number of nitrogens with zero attached hydrogens (tertiary/aromatic N) is 1. The maximum absolute atomic E-state index is 12.9. The van der Waals surface area contributed by atoms with Crippen LogP contribution in [0.1, 0.15) is 29.7 Å². The number of sulfonamides is 1. The normalized spacial score (nSPS) is 15.7. The highest BCUT2D eigenvalue weighted by Gasteiger charge is 2.28. The van der Waals surface area contributed by atoms with Crippen LogP contribution in [0, 0.1) is 0 Å². The van der Waals surface area contributed by atoms with Gasteiger partial charge in [-0.15, -0.1) is 11.3 Å². The van der Waals surface area contributed by atoms with E-state index in [4.69, 9.17) is 0 Å². The lowest BCUT2D eigenvalue weighted by molar-refractivity contribution is -0.130. The standard InChI is InChI=1S/C24H23NO4S2/c26-24(27)21(17-18-9-11-20(12-10-18)19-7-3-1-4-8-19)22-13-14-23(30-22)31(28,29)25-15-5-2-6-16-25/h1,3-4,7-14,17H,2,5-6,15-16H2,(H,26,27). The first kappa shape index (κ1) is 21.5. The number of carboxylic acids is 1. The van der Waals surface area contributed by atoms with Gasteiger partial charge in [-0.1, -0.05) is 61.0 Å². The second kappa shape index (κ2) is 9.18. The van der Waals surface area contributed by atoms with Crippen molar-refractivity contribution in [2.45, 2.75) is 23.5 Å². The highest BCUT2D eigenvalue weighted by molar-refractivity contribution is 7.91. The maximum atomic E-state index is 12.9. The smallest absolute Gasteiger partial charge is 0.337 e. The van der Waals surface area contributed by atoms with Crippen LogP contribution in [0.25, 0.3) is 22.8 Å². The van der Waals surface area contributed by atoms with Crippen LogP contribution in [0.5, 0.6) is 0 Å². The van der Waals surface area contributed by atoms with Gasteiger partial charge in [0.2, 0.25) is 0 Å². The van der Waals surface area contributed by atoms with Gasteiger partial charge in [-0.25, -0.2) is 13.2 Å². The molecule has 1 fully saturated rings. The van der Waals surface area contributed by atoms with Crippen molar-refractivity contribution in [2.75, 3.05) is 13.1 Å². The Labute approximate surface area is 186 Å². The van der Waals surface area contributed by atoms with Crippen molar-refractivity contribution in [2.24, 2.45) is 0 Å². The summed E-state index contributed by atoms with van der Waals surface area (Å²) in [5, 5.41) is 9.76. The predicted octanol–water partition coefficient (Wildman–Crippen LogP) is 5.21. The van der Waals surface area contributed by atoms with Gasteiger partial charge in [0.15, 0.2) is 0 Å². The van der Waals surface area contributed by atoms with Gasteiger partial charge in [-0.05, 0) is 47.7 Å². The van der Waals surface area contributed by atoms with E-state index in [9.17, 15) is 18.3 Å². The van der Waals surface area contributed by atoms with E-state index in [2.05, 4.69) is 0 Å². The molecule has 31 heavy (non-hydrogen) atoms. The first-order chi connectivity index (χ1) is 14.9. The van der Waals surface area contributed by atoms with Gasteiger partial charge in [0.1, 0.15) is 4.21 Å². The third-order valence-corrected chi connectivity index (χ3v) is 8.80. The van der Waals surface area contributed by atoms with E-state index in [-0.39, 0.29) is 9.78 Å². The SMILES string of the molecule is O=C(O)C(=Cc1ccc(-c2ccccc2)cc1)c1ccc(S(=O)(=O)N2CCCCC2)s1. The Morgan fingerprint density at radius 2 is 1.52 bits per heavy atom. The number of piperidine rings is 1. The van der Waals surface area contributed by atoms with E-state index in [1.54, 1.807) is 12.1 Å².